The van der Waals surface area contributed by atoms with Gasteiger partial charge in [0.25, 0.3) is 0 Å². The lowest BCUT2D eigenvalue weighted by atomic mass is 10.0. The molecular formula is C24H41NO. The molecule has 0 amide bonds. The highest BCUT2D eigenvalue weighted by Crippen LogP contribution is 2.14. The van der Waals surface area contributed by atoms with Crippen LogP contribution in [0.4, 0.5) is 5.69 Å². The minimum atomic E-state index is 0.167. The Morgan fingerprint density at radius 1 is 0.769 bits per heavy atom. The first-order valence-corrected chi connectivity index (χ1v) is 9.82. The Hall–Kier alpha value is -2.09. The Morgan fingerprint density at radius 3 is 1.69 bits per heavy atom. The summed E-state index contributed by atoms with van der Waals surface area (Å²) in [5.41, 5.74) is 5.27. The van der Waals surface area contributed by atoms with Crippen LogP contribution in [0.15, 0.2) is 48.5 Å². The van der Waals surface area contributed by atoms with Crippen LogP contribution in [0.1, 0.15) is 72.1 Å². The van der Waals surface area contributed by atoms with Gasteiger partial charge in [-0.2, -0.15) is 0 Å². The monoisotopic (exact) mass is 359 g/mol. The van der Waals surface area contributed by atoms with Crippen LogP contribution in [0.3, 0.4) is 0 Å². The standard InChI is InChI=1S/C15H17N.C3H6O.3C2H6/c1-12-7-6-8-14(13(12)2)11-16-15-9-4-3-5-10-15;1-3(2)4;3*1-2/h3-10,16H,11H2,1-2H3;1-2H3;3*1-2H3. The molecule has 2 aromatic rings. The highest BCUT2D eigenvalue weighted by Gasteiger charge is 1.99. The molecule has 0 spiro atoms. The van der Waals surface area contributed by atoms with Gasteiger partial charge in [-0.15, -0.1) is 0 Å². The molecule has 0 fully saturated rings. The first-order valence-electron chi connectivity index (χ1n) is 9.82. The zero-order valence-electron chi connectivity index (χ0n) is 18.7. The van der Waals surface area contributed by atoms with Gasteiger partial charge < -0.3 is 10.1 Å². The molecule has 1 N–H and O–H groups in total. The van der Waals surface area contributed by atoms with Gasteiger partial charge >= 0.3 is 0 Å². The van der Waals surface area contributed by atoms with Crippen molar-refractivity contribution < 1.29 is 4.79 Å². The fourth-order valence-electron chi connectivity index (χ4n) is 1.76. The number of hydrogen-bond donors (Lipinski definition) is 1. The predicted molar refractivity (Wildman–Crippen MR) is 120 cm³/mol. The summed E-state index contributed by atoms with van der Waals surface area (Å²) in [7, 11) is 0. The summed E-state index contributed by atoms with van der Waals surface area (Å²) in [6.07, 6.45) is 0. The molecule has 26 heavy (non-hydrogen) atoms. The maximum Gasteiger partial charge on any atom is 0.126 e. The average Bonchev–Trinajstić information content (AvgIpc) is 2.68. The molecule has 0 aliphatic carbocycles. The van der Waals surface area contributed by atoms with Crippen LogP contribution < -0.4 is 5.32 Å². The van der Waals surface area contributed by atoms with Gasteiger partial charge in [0.1, 0.15) is 5.78 Å². The van der Waals surface area contributed by atoms with Crippen LogP contribution in [-0.2, 0) is 11.3 Å². The first-order chi connectivity index (χ1) is 12.5. The number of nitrogens with one attached hydrogen (secondary N) is 1. The van der Waals surface area contributed by atoms with Gasteiger partial charge in [0.05, 0.1) is 0 Å². The average molecular weight is 360 g/mol. The number of rotatable bonds is 3. The number of carbonyl (C=O) groups is 1. The van der Waals surface area contributed by atoms with Crippen molar-refractivity contribution in [3.63, 3.8) is 0 Å². The lowest BCUT2D eigenvalue weighted by Crippen LogP contribution is -2.01. The number of hydrogen-bond acceptors (Lipinski definition) is 2. The second kappa shape index (κ2) is 21.0. The lowest BCUT2D eigenvalue weighted by molar-refractivity contribution is -0.114. The van der Waals surface area contributed by atoms with Gasteiger partial charge in [-0.25, -0.2) is 0 Å². The summed E-state index contributed by atoms with van der Waals surface area (Å²) in [6, 6.07) is 16.8. The minimum absolute atomic E-state index is 0.167. The van der Waals surface area contributed by atoms with Crippen molar-refractivity contribution in [1.29, 1.82) is 0 Å². The van der Waals surface area contributed by atoms with Crippen LogP contribution in [0.5, 0.6) is 0 Å². The molecule has 2 aromatic carbocycles. The van der Waals surface area contributed by atoms with Crippen LogP contribution in [0.2, 0.25) is 0 Å². The van der Waals surface area contributed by atoms with E-state index in [1.54, 1.807) is 0 Å². The van der Waals surface area contributed by atoms with E-state index in [2.05, 4.69) is 49.5 Å². The van der Waals surface area contributed by atoms with Crippen LogP contribution in [-0.4, -0.2) is 5.78 Å². The SMILES string of the molecule is CC.CC.CC.CC(C)=O.Cc1cccc(CNc2ccccc2)c1C. The number of benzene rings is 2. The van der Waals surface area contributed by atoms with Crippen molar-refractivity contribution >= 4 is 11.5 Å². The van der Waals surface area contributed by atoms with Crippen molar-refractivity contribution in [3.05, 3.63) is 65.2 Å². The lowest BCUT2D eigenvalue weighted by Gasteiger charge is -2.10. The molecule has 0 aromatic heterocycles. The van der Waals surface area contributed by atoms with E-state index >= 15 is 0 Å². The molecule has 0 atom stereocenters. The second-order valence-electron chi connectivity index (χ2n) is 4.99. The van der Waals surface area contributed by atoms with Gasteiger partial charge in [0.15, 0.2) is 0 Å². The molecule has 0 saturated carbocycles. The Morgan fingerprint density at radius 2 is 1.23 bits per heavy atom. The van der Waals surface area contributed by atoms with E-state index in [4.69, 9.17) is 0 Å². The molecule has 0 aliphatic rings. The molecule has 0 bridgehead atoms. The molecule has 2 nitrogen and oxygen atoms in total. The van der Waals surface area contributed by atoms with Gasteiger partial charge in [-0.1, -0.05) is 77.9 Å². The number of ketones is 1. The van der Waals surface area contributed by atoms with E-state index in [1.807, 2.05) is 59.7 Å². The first kappa shape index (κ1) is 28.7. The van der Waals surface area contributed by atoms with Crippen LogP contribution in [0.25, 0.3) is 0 Å². The summed E-state index contributed by atoms with van der Waals surface area (Å²) in [4.78, 5) is 9.44. The number of carbonyl (C=O) groups excluding carboxylic acids is 1. The Labute approximate surface area is 163 Å². The maximum atomic E-state index is 9.44. The van der Waals surface area contributed by atoms with Crippen LogP contribution >= 0.6 is 0 Å². The van der Waals surface area contributed by atoms with E-state index in [1.165, 1.54) is 36.2 Å². The van der Waals surface area contributed by atoms with Crippen LogP contribution in [0, 0.1) is 13.8 Å². The topological polar surface area (TPSA) is 29.1 Å². The molecule has 2 rings (SSSR count). The number of Topliss-reactive ketones (excluding diaryl/α,β-unsaturated/α-hetero) is 1. The van der Waals surface area contributed by atoms with E-state index in [0.717, 1.165) is 6.54 Å². The van der Waals surface area contributed by atoms with E-state index in [9.17, 15) is 4.79 Å². The molecule has 0 aliphatic heterocycles. The van der Waals surface area contributed by atoms with Gasteiger partial charge in [0, 0.05) is 12.2 Å². The largest absolute Gasteiger partial charge is 0.381 e. The molecule has 2 heteroatoms. The predicted octanol–water partition coefficient (Wildman–Crippen LogP) is 7.59. The Bertz CT molecular complexity index is 543. The van der Waals surface area contributed by atoms with E-state index < -0.39 is 0 Å². The van der Waals surface area contributed by atoms with E-state index in [0.29, 0.717) is 0 Å². The third kappa shape index (κ3) is 15.4. The second-order valence-corrected chi connectivity index (χ2v) is 4.99. The van der Waals surface area contributed by atoms with Crippen molar-refractivity contribution in [1.82, 2.24) is 0 Å². The van der Waals surface area contributed by atoms with Crippen molar-refractivity contribution in [3.8, 4) is 0 Å². The smallest absolute Gasteiger partial charge is 0.126 e. The van der Waals surface area contributed by atoms with Gasteiger partial charge in [-0.3, -0.25) is 0 Å². The minimum Gasteiger partial charge on any atom is -0.381 e. The normalized spacial score (nSPS) is 7.92. The fourth-order valence-corrected chi connectivity index (χ4v) is 1.76. The third-order valence-electron chi connectivity index (χ3n) is 2.97. The molecule has 0 unspecified atom stereocenters. The number of anilines is 1. The van der Waals surface area contributed by atoms with Gasteiger partial charge in [-0.05, 0) is 56.5 Å². The quantitative estimate of drug-likeness (QED) is 0.611. The summed E-state index contributed by atoms with van der Waals surface area (Å²) < 4.78 is 0. The van der Waals surface area contributed by atoms with Crippen molar-refractivity contribution in [2.75, 3.05) is 5.32 Å². The Kier molecular flexibility index (Phi) is 23.1. The van der Waals surface area contributed by atoms with E-state index in [-0.39, 0.29) is 5.78 Å². The van der Waals surface area contributed by atoms with Gasteiger partial charge in [0.2, 0.25) is 0 Å². The molecule has 148 valence electrons. The fraction of sp³-hybridized carbons (Fsp3) is 0.458. The summed E-state index contributed by atoms with van der Waals surface area (Å²) in [5.74, 6) is 0.167. The molecular weight excluding hydrogens is 318 g/mol. The Balaban J connectivity index is -0.000000451. The number of para-hydroxylation sites is 1. The zero-order valence-corrected chi connectivity index (χ0v) is 18.7. The molecule has 0 radical (unpaired) electrons. The molecule has 0 saturated heterocycles. The molecule has 0 heterocycles. The zero-order chi connectivity index (χ0) is 21.0. The van der Waals surface area contributed by atoms with Crippen molar-refractivity contribution in [2.24, 2.45) is 0 Å². The highest BCUT2D eigenvalue weighted by molar-refractivity contribution is 5.72. The highest BCUT2D eigenvalue weighted by atomic mass is 16.1. The summed E-state index contributed by atoms with van der Waals surface area (Å²) in [5, 5.41) is 3.43. The number of aryl methyl sites for hydroxylation is 1. The summed E-state index contributed by atoms with van der Waals surface area (Å²) in [6.45, 7) is 20.3. The maximum absolute atomic E-state index is 9.44. The third-order valence-corrected chi connectivity index (χ3v) is 2.97. The van der Waals surface area contributed by atoms with Crippen molar-refractivity contribution in [2.45, 2.75) is 75.8 Å². The summed E-state index contributed by atoms with van der Waals surface area (Å²) >= 11 is 0.